The molecule has 1 N–H and O–H groups in total. The molecule has 5 heterocycles. The Kier molecular flexibility index (Phi) is 4.86. The van der Waals surface area contributed by atoms with E-state index in [1.54, 1.807) is 36.2 Å². The summed E-state index contributed by atoms with van der Waals surface area (Å²) in [4.78, 5) is 20.3. The third-order valence-electron chi connectivity index (χ3n) is 6.24. The highest BCUT2D eigenvalue weighted by Gasteiger charge is 2.42. The number of pyridine rings is 1. The molecule has 2 unspecified atom stereocenters. The van der Waals surface area contributed by atoms with E-state index in [0.29, 0.717) is 33.7 Å². The quantitative estimate of drug-likeness (QED) is 0.651. The van der Waals surface area contributed by atoms with Crippen LogP contribution in [0.4, 0.5) is 0 Å². The van der Waals surface area contributed by atoms with E-state index >= 15 is 0 Å². The van der Waals surface area contributed by atoms with E-state index < -0.39 is 15.9 Å². The molecule has 0 spiro atoms. The molecule has 0 bridgehead atoms. The number of amides is 1. The summed E-state index contributed by atoms with van der Waals surface area (Å²) in [5, 5.41) is 8.11. The third-order valence-corrected chi connectivity index (χ3v) is 7.95. The molecule has 10 heteroatoms. The fourth-order valence-electron chi connectivity index (χ4n) is 4.82. The Morgan fingerprint density at radius 3 is 2.74 bits per heavy atom. The highest BCUT2D eigenvalue weighted by Crippen LogP contribution is 2.28. The zero-order valence-electron chi connectivity index (χ0n) is 17.5. The maximum atomic E-state index is 13.4. The first-order chi connectivity index (χ1) is 14.8. The number of rotatable bonds is 4. The molecule has 2 fully saturated rings. The molecule has 3 aromatic rings. The van der Waals surface area contributed by atoms with Crippen molar-refractivity contribution in [3.05, 3.63) is 35.7 Å². The lowest BCUT2D eigenvalue weighted by molar-refractivity contribution is 0.0920. The minimum atomic E-state index is -3.20. The number of aromatic nitrogens is 3. The van der Waals surface area contributed by atoms with E-state index in [2.05, 4.69) is 20.3 Å². The van der Waals surface area contributed by atoms with Crippen LogP contribution in [0.3, 0.4) is 0 Å². The molecular formula is C21H25N5O4S. The Bertz CT molecular complexity index is 1240. The van der Waals surface area contributed by atoms with Gasteiger partial charge in [0.2, 0.25) is 0 Å². The standard InChI is InChI=1S/C21H25N5O4S/c1-13-19-14(10-15(18-6-5-9-30-18)22-20(19)25(2)24-13)21(27)23-16-11-31(28,29)12-17(16)26-7-3-4-8-26/h5-6,9-10,16-17H,3-4,7-8,11-12H2,1-2H3,(H,23,27). The molecule has 5 rings (SSSR count). The lowest BCUT2D eigenvalue weighted by Gasteiger charge is -2.28. The Balaban J connectivity index is 1.53. The van der Waals surface area contributed by atoms with Crippen LogP contribution in [0.5, 0.6) is 0 Å². The van der Waals surface area contributed by atoms with Gasteiger partial charge < -0.3 is 9.73 Å². The number of carbonyl (C=O) groups excluding carboxylic acids is 1. The van der Waals surface area contributed by atoms with Crippen LogP contribution in [0.15, 0.2) is 28.9 Å². The number of aryl methyl sites for hydroxylation is 2. The molecule has 0 radical (unpaired) electrons. The minimum Gasteiger partial charge on any atom is -0.463 e. The van der Waals surface area contributed by atoms with Crippen molar-refractivity contribution in [3.63, 3.8) is 0 Å². The summed E-state index contributed by atoms with van der Waals surface area (Å²) in [6, 6.07) is 4.61. The van der Waals surface area contributed by atoms with Crippen molar-refractivity contribution in [2.75, 3.05) is 24.6 Å². The van der Waals surface area contributed by atoms with Crippen LogP contribution in [-0.4, -0.2) is 70.7 Å². The number of nitrogens with zero attached hydrogens (tertiary/aromatic N) is 4. The Morgan fingerprint density at radius 2 is 2.03 bits per heavy atom. The van der Waals surface area contributed by atoms with Crippen molar-refractivity contribution in [3.8, 4) is 11.5 Å². The number of carbonyl (C=O) groups is 1. The summed E-state index contributed by atoms with van der Waals surface area (Å²) < 4.78 is 31.9. The monoisotopic (exact) mass is 443 g/mol. The number of hydrogen-bond donors (Lipinski definition) is 1. The summed E-state index contributed by atoms with van der Waals surface area (Å²) in [5.41, 5.74) is 2.22. The van der Waals surface area contributed by atoms with E-state index in [0.717, 1.165) is 25.9 Å². The molecule has 2 atom stereocenters. The van der Waals surface area contributed by atoms with Gasteiger partial charge in [0.1, 0.15) is 5.69 Å². The fourth-order valence-corrected chi connectivity index (χ4v) is 6.77. The van der Waals surface area contributed by atoms with Crippen molar-refractivity contribution >= 4 is 26.8 Å². The number of furan rings is 1. The summed E-state index contributed by atoms with van der Waals surface area (Å²) in [7, 11) is -1.42. The lowest BCUT2D eigenvalue weighted by Crippen LogP contribution is -2.50. The van der Waals surface area contributed by atoms with Crippen LogP contribution in [0.25, 0.3) is 22.5 Å². The van der Waals surface area contributed by atoms with Gasteiger partial charge in [0.15, 0.2) is 21.2 Å². The van der Waals surface area contributed by atoms with Crippen LogP contribution < -0.4 is 5.32 Å². The van der Waals surface area contributed by atoms with E-state index in [1.165, 1.54) is 0 Å². The molecule has 0 aliphatic carbocycles. The summed E-state index contributed by atoms with van der Waals surface area (Å²) in [6.45, 7) is 3.58. The maximum Gasteiger partial charge on any atom is 0.252 e. The number of nitrogens with one attached hydrogen (secondary N) is 1. The molecule has 0 saturated carbocycles. The van der Waals surface area contributed by atoms with Crippen LogP contribution in [0, 0.1) is 6.92 Å². The van der Waals surface area contributed by atoms with Crippen LogP contribution in [0.1, 0.15) is 28.9 Å². The number of hydrogen-bond acceptors (Lipinski definition) is 7. The largest absolute Gasteiger partial charge is 0.463 e. The van der Waals surface area contributed by atoms with E-state index in [-0.39, 0.29) is 23.5 Å². The minimum absolute atomic E-state index is 0.0365. The van der Waals surface area contributed by atoms with Gasteiger partial charge in [0, 0.05) is 13.1 Å². The third kappa shape index (κ3) is 3.63. The van der Waals surface area contributed by atoms with Crippen molar-refractivity contribution in [1.29, 1.82) is 0 Å². The molecular weight excluding hydrogens is 418 g/mol. The molecule has 3 aromatic heterocycles. The number of fused-ring (bicyclic) bond motifs is 1. The highest BCUT2D eigenvalue weighted by molar-refractivity contribution is 7.91. The number of sulfone groups is 1. The Hall–Kier alpha value is -2.72. The van der Waals surface area contributed by atoms with Gasteiger partial charge in [-0.15, -0.1) is 0 Å². The summed E-state index contributed by atoms with van der Waals surface area (Å²) >= 11 is 0. The van der Waals surface area contributed by atoms with Gasteiger partial charge in [-0.05, 0) is 51.1 Å². The molecule has 0 aromatic carbocycles. The van der Waals surface area contributed by atoms with Crippen molar-refractivity contribution < 1.29 is 17.6 Å². The highest BCUT2D eigenvalue weighted by atomic mass is 32.2. The zero-order valence-corrected chi connectivity index (χ0v) is 18.4. The van der Waals surface area contributed by atoms with Crippen LogP contribution in [-0.2, 0) is 16.9 Å². The molecule has 1 amide bonds. The van der Waals surface area contributed by atoms with Gasteiger partial charge >= 0.3 is 0 Å². The smallest absolute Gasteiger partial charge is 0.252 e. The van der Waals surface area contributed by atoms with Gasteiger partial charge in [-0.3, -0.25) is 14.4 Å². The first kappa shape index (κ1) is 20.2. The molecule has 2 aliphatic heterocycles. The van der Waals surface area contributed by atoms with Gasteiger partial charge in [0.05, 0.1) is 40.5 Å². The van der Waals surface area contributed by atoms with Gasteiger partial charge in [-0.1, -0.05) is 0 Å². The lowest BCUT2D eigenvalue weighted by atomic mass is 10.1. The average molecular weight is 444 g/mol. The predicted octanol–water partition coefficient (Wildman–Crippen LogP) is 1.53. The first-order valence-electron chi connectivity index (χ1n) is 10.5. The van der Waals surface area contributed by atoms with Gasteiger partial charge in [-0.2, -0.15) is 5.10 Å². The molecule has 2 aliphatic rings. The van der Waals surface area contributed by atoms with E-state index in [9.17, 15) is 13.2 Å². The first-order valence-corrected chi connectivity index (χ1v) is 12.3. The number of likely N-dealkylation sites (tertiary alicyclic amines) is 1. The molecule has 31 heavy (non-hydrogen) atoms. The summed E-state index contributed by atoms with van der Waals surface area (Å²) in [5.74, 6) is 0.286. The molecule has 164 valence electrons. The van der Waals surface area contributed by atoms with Gasteiger partial charge in [0.25, 0.3) is 5.91 Å². The molecule has 9 nitrogen and oxygen atoms in total. The summed E-state index contributed by atoms with van der Waals surface area (Å²) in [6.07, 6.45) is 3.67. The second-order valence-electron chi connectivity index (χ2n) is 8.41. The zero-order chi connectivity index (χ0) is 21.8. The van der Waals surface area contributed by atoms with Crippen LogP contribution in [0.2, 0.25) is 0 Å². The average Bonchev–Trinajstić information content (AvgIpc) is 3.50. The topological polar surface area (TPSA) is 110 Å². The second kappa shape index (κ2) is 7.45. The predicted molar refractivity (Wildman–Crippen MR) is 115 cm³/mol. The maximum absolute atomic E-state index is 13.4. The van der Waals surface area contributed by atoms with Crippen molar-refractivity contribution in [2.45, 2.75) is 31.8 Å². The fraction of sp³-hybridized carbons (Fsp3) is 0.476. The van der Waals surface area contributed by atoms with Crippen molar-refractivity contribution in [2.24, 2.45) is 7.05 Å². The second-order valence-corrected chi connectivity index (χ2v) is 10.6. The van der Waals surface area contributed by atoms with E-state index in [1.807, 2.05) is 6.92 Å². The van der Waals surface area contributed by atoms with Gasteiger partial charge in [-0.25, -0.2) is 13.4 Å². The Morgan fingerprint density at radius 1 is 1.26 bits per heavy atom. The normalized spacial score (nSPS) is 23.5. The molecule has 2 saturated heterocycles. The SMILES string of the molecule is Cc1nn(C)c2nc(-c3ccco3)cc(C(=O)NC3CS(=O)(=O)CC3N3CCCC3)c12. The van der Waals surface area contributed by atoms with Crippen LogP contribution >= 0.6 is 0 Å². The van der Waals surface area contributed by atoms with E-state index in [4.69, 9.17) is 4.42 Å². The van der Waals surface area contributed by atoms with Crippen molar-refractivity contribution in [1.82, 2.24) is 25.0 Å². The Labute approximate surface area is 180 Å².